The van der Waals surface area contributed by atoms with Crippen molar-refractivity contribution in [3.8, 4) is 0 Å². The molecular weight excluding hydrogens is 456 g/mol. The van der Waals surface area contributed by atoms with Gasteiger partial charge in [-0.15, -0.1) is 0 Å². The molecule has 3 heterocycles. The zero-order valence-electron chi connectivity index (χ0n) is 18.9. The molecule has 4 unspecified atom stereocenters. The summed E-state index contributed by atoms with van der Waals surface area (Å²) in [6.07, 6.45) is 0.273. The Morgan fingerprint density at radius 2 is 1.85 bits per heavy atom. The van der Waals surface area contributed by atoms with E-state index in [0.29, 0.717) is 21.8 Å². The minimum Gasteiger partial charge on any atom is -0.370 e. The highest BCUT2D eigenvalue weighted by atomic mass is 35.5. The summed E-state index contributed by atoms with van der Waals surface area (Å²) in [4.78, 5) is 53.7. The van der Waals surface area contributed by atoms with E-state index in [9.17, 15) is 19.2 Å². The van der Waals surface area contributed by atoms with Gasteiger partial charge in [0.15, 0.2) is 0 Å². The van der Waals surface area contributed by atoms with E-state index in [1.807, 2.05) is 26.0 Å². The monoisotopic (exact) mass is 480 g/mol. The van der Waals surface area contributed by atoms with Crippen LogP contribution in [-0.2, 0) is 31.3 Å². The Bertz CT molecular complexity index is 1260. The van der Waals surface area contributed by atoms with E-state index in [1.165, 1.54) is 4.90 Å². The Kier molecular flexibility index (Phi) is 5.26. The summed E-state index contributed by atoms with van der Waals surface area (Å²) in [6, 6.07) is 10.2. The zero-order valence-corrected chi connectivity index (χ0v) is 19.6. The first-order valence-electron chi connectivity index (χ1n) is 11.2. The standard InChI is InChI=1S/C25H25ClN4O4/c1-12-7-8-15-21(13(12)2)28-24(34)25(15)20-19(17(29-25)9-10-18(27)31)22(32)30(23(20)33)11-14-5-3-4-6-16(14)26/h3-8,17,19-20,29H,9-11H2,1-2H3,(H2,27,31)(H,28,34). The number of carbonyl (C=O) groups is 4. The van der Waals surface area contributed by atoms with Gasteiger partial charge in [-0.1, -0.05) is 41.9 Å². The predicted molar refractivity (Wildman–Crippen MR) is 126 cm³/mol. The number of nitrogens with zero attached hydrogens (tertiary/aromatic N) is 1. The zero-order chi connectivity index (χ0) is 24.4. The third-order valence-corrected chi connectivity index (χ3v) is 7.87. The van der Waals surface area contributed by atoms with Crippen LogP contribution in [0.4, 0.5) is 5.69 Å². The van der Waals surface area contributed by atoms with E-state index in [0.717, 1.165) is 11.1 Å². The minimum absolute atomic E-state index is 0.0182. The number of carbonyl (C=O) groups excluding carboxylic acids is 4. The largest absolute Gasteiger partial charge is 0.370 e. The fourth-order valence-electron chi connectivity index (χ4n) is 5.68. The summed E-state index contributed by atoms with van der Waals surface area (Å²) in [7, 11) is 0. The number of aryl methyl sites for hydroxylation is 1. The average molecular weight is 481 g/mol. The molecule has 0 radical (unpaired) electrons. The van der Waals surface area contributed by atoms with Crippen molar-refractivity contribution in [2.24, 2.45) is 17.6 Å². The number of rotatable bonds is 5. The molecule has 2 aromatic rings. The van der Waals surface area contributed by atoms with Crippen LogP contribution in [0.5, 0.6) is 0 Å². The Hall–Kier alpha value is -3.23. The highest BCUT2D eigenvalue weighted by molar-refractivity contribution is 6.31. The second-order valence-electron chi connectivity index (χ2n) is 9.31. The second kappa shape index (κ2) is 7.92. The number of nitrogens with one attached hydrogen (secondary N) is 2. The van der Waals surface area contributed by atoms with Gasteiger partial charge >= 0.3 is 0 Å². The summed E-state index contributed by atoms with van der Waals surface area (Å²) < 4.78 is 0. The normalized spacial score (nSPS) is 27.3. The molecule has 0 bridgehead atoms. The van der Waals surface area contributed by atoms with Crippen LogP contribution in [0.25, 0.3) is 0 Å². The van der Waals surface area contributed by atoms with Crippen molar-refractivity contribution in [2.75, 3.05) is 5.32 Å². The summed E-state index contributed by atoms with van der Waals surface area (Å²) in [5, 5.41) is 6.72. The number of likely N-dealkylation sites (tertiary alicyclic amines) is 1. The first kappa shape index (κ1) is 22.6. The minimum atomic E-state index is -1.40. The van der Waals surface area contributed by atoms with E-state index in [2.05, 4.69) is 10.6 Å². The summed E-state index contributed by atoms with van der Waals surface area (Å²) in [6.45, 7) is 3.88. The molecule has 34 heavy (non-hydrogen) atoms. The lowest BCUT2D eigenvalue weighted by atomic mass is 9.76. The highest BCUT2D eigenvalue weighted by Crippen LogP contribution is 2.54. The van der Waals surface area contributed by atoms with E-state index < -0.39 is 35.2 Å². The van der Waals surface area contributed by atoms with E-state index >= 15 is 0 Å². The third kappa shape index (κ3) is 3.09. The van der Waals surface area contributed by atoms with Gasteiger partial charge in [0.05, 0.1) is 18.4 Å². The number of amides is 4. The maximum absolute atomic E-state index is 13.8. The third-order valence-electron chi connectivity index (χ3n) is 7.50. The Morgan fingerprint density at radius 1 is 1.12 bits per heavy atom. The molecule has 2 aromatic carbocycles. The topological polar surface area (TPSA) is 122 Å². The molecule has 9 heteroatoms. The molecule has 0 saturated carbocycles. The fourth-order valence-corrected chi connectivity index (χ4v) is 5.87. The van der Waals surface area contributed by atoms with Crippen molar-refractivity contribution in [1.29, 1.82) is 0 Å². The van der Waals surface area contributed by atoms with Gasteiger partial charge in [0.25, 0.3) is 0 Å². The highest BCUT2D eigenvalue weighted by Gasteiger charge is 2.70. The number of nitrogens with two attached hydrogens (primary N) is 1. The van der Waals surface area contributed by atoms with Crippen molar-refractivity contribution < 1.29 is 19.2 Å². The van der Waals surface area contributed by atoms with Crippen LogP contribution in [0, 0.1) is 25.7 Å². The molecule has 2 fully saturated rings. The van der Waals surface area contributed by atoms with E-state index in [4.69, 9.17) is 17.3 Å². The first-order valence-corrected chi connectivity index (χ1v) is 11.6. The van der Waals surface area contributed by atoms with Crippen molar-refractivity contribution in [1.82, 2.24) is 10.2 Å². The SMILES string of the molecule is Cc1ccc2c(c1C)NC(=O)C21NC(CCC(N)=O)C2C(=O)N(Cc3ccccc3Cl)C(=O)C21. The number of hydrogen-bond donors (Lipinski definition) is 3. The Labute approximate surface area is 201 Å². The molecule has 0 aliphatic carbocycles. The quantitative estimate of drug-likeness (QED) is 0.566. The fraction of sp³-hybridized carbons (Fsp3) is 0.360. The van der Waals surface area contributed by atoms with Gasteiger partial charge in [-0.2, -0.15) is 0 Å². The molecule has 3 aliphatic rings. The van der Waals surface area contributed by atoms with Crippen LogP contribution in [-0.4, -0.2) is 34.6 Å². The molecular formula is C25H25ClN4O4. The van der Waals surface area contributed by atoms with E-state index in [-0.39, 0.29) is 31.2 Å². The van der Waals surface area contributed by atoms with Gasteiger partial charge in [-0.05, 0) is 43.0 Å². The number of benzene rings is 2. The lowest BCUT2D eigenvalue weighted by Gasteiger charge is -2.29. The van der Waals surface area contributed by atoms with Crippen LogP contribution in [0.15, 0.2) is 36.4 Å². The van der Waals surface area contributed by atoms with Crippen molar-refractivity contribution in [3.05, 3.63) is 63.7 Å². The average Bonchev–Trinajstić information content (AvgIpc) is 3.37. The lowest BCUT2D eigenvalue weighted by molar-refractivity contribution is -0.143. The Morgan fingerprint density at radius 3 is 2.56 bits per heavy atom. The van der Waals surface area contributed by atoms with Gasteiger partial charge in [0.1, 0.15) is 5.54 Å². The molecule has 5 rings (SSSR count). The maximum Gasteiger partial charge on any atom is 0.250 e. The molecule has 176 valence electrons. The smallest absolute Gasteiger partial charge is 0.250 e. The Balaban J connectivity index is 1.61. The molecule has 3 aliphatic heterocycles. The molecule has 0 aromatic heterocycles. The number of anilines is 1. The van der Waals surface area contributed by atoms with Crippen LogP contribution in [0.1, 0.15) is 35.1 Å². The second-order valence-corrected chi connectivity index (χ2v) is 9.71. The van der Waals surface area contributed by atoms with Crippen LogP contribution in [0.2, 0.25) is 5.02 Å². The lowest BCUT2D eigenvalue weighted by Crippen LogP contribution is -2.53. The van der Waals surface area contributed by atoms with Gasteiger partial charge in [0.2, 0.25) is 23.6 Å². The number of primary amides is 1. The summed E-state index contributed by atoms with van der Waals surface area (Å²) in [5.41, 5.74) is 7.85. The van der Waals surface area contributed by atoms with Crippen molar-refractivity contribution in [2.45, 2.75) is 44.8 Å². The molecule has 4 N–H and O–H groups in total. The summed E-state index contributed by atoms with van der Waals surface area (Å²) in [5.74, 6) is -3.42. The summed E-state index contributed by atoms with van der Waals surface area (Å²) >= 11 is 6.30. The number of fused-ring (bicyclic) bond motifs is 4. The number of hydrogen-bond acceptors (Lipinski definition) is 5. The van der Waals surface area contributed by atoms with E-state index in [1.54, 1.807) is 24.3 Å². The number of halogens is 1. The van der Waals surface area contributed by atoms with Crippen LogP contribution < -0.4 is 16.4 Å². The van der Waals surface area contributed by atoms with Crippen LogP contribution >= 0.6 is 11.6 Å². The molecule has 1 spiro atoms. The van der Waals surface area contributed by atoms with Crippen molar-refractivity contribution >= 4 is 40.9 Å². The van der Waals surface area contributed by atoms with Gasteiger partial charge < -0.3 is 11.1 Å². The predicted octanol–water partition coefficient (Wildman–Crippen LogP) is 2.14. The van der Waals surface area contributed by atoms with Gasteiger partial charge in [-0.3, -0.25) is 29.4 Å². The van der Waals surface area contributed by atoms with Crippen LogP contribution in [0.3, 0.4) is 0 Å². The number of imide groups is 1. The molecule has 4 amide bonds. The molecule has 2 saturated heterocycles. The van der Waals surface area contributed by atoms with Gasteiger partial charge in [0, 0.05) is 28.7 Å². The van der Waals surface area contributed by atoms with Gasteiger partial charge in [-0.25, -0.2) is 0 Å². The molecule has 4 atom stereocenters. The van der Waals surface area contributed by atoms with Crippen molar-refractivity contribution in [3.63, 3.8) is 0 Å². The molecule has 8 nitrogen and oxygen atoms in total. The first-order chi connectivity index (χ1) is 16.2. The maximum atomic E-state index is 13.8.